The van der Waals surface area contributed by atoms with Crippen molar-refractivity contribution in [1.82, 2.24) is 19.8 Å². The molecule has 1 aliphatic rings. The molecule has 1 saturated heterocycles. The fraction of sp³-hybridized carbons (Fsp3) is 0.400. The van der Waals surface area contributed by atoms with Gasteiger partial charge in [-0.3, -0.25) is 4.79 Å². The van der Waals surface area contributed by atoms with Crippen molar-refractivity contribution < 1.29 is 23.2 Å². The van der Waals surface area contributed by atoms with Gasteiger partial charge >= 0.3 is 6.09 Å². The predicted octanol–water partition coefficient (Wildman–Crippen LogP) is 3.33. The number of fused-ring (bicyclic) bond motifs is 1. The second kappa shape index (κ2) is 8.78. The largest absolute Gasteiger partial charge is 0.450 e. The number of ether oxygens (including phenoxy) is 1. The molecule has 4 rings (SSSR count). The van der Waals surface area contributed by atoms with Crippen LogP contribution in [0.3, 0.4) is 0 Å². The Bertz CT molecular complexity index is 1050. The molecule has 10 heteroatoms. The molecule has 1 fully saturated rings. The number of aromatic nitrogens is 2. The van der Waals surface area contributed by atoms with E-state index in [0.29, 0.717) is 49.7 Å². The molecule has 0 spiro atoms. The number of piperazine rings is 1. The summed E-state index contributed by atoms with van der Waals surface area (Å²) < 4.78 is 16.1. The van der Waals surface area contributed by atoms with Gasteiger partial charge in [-0.15, -0.1) is 0 Å². The number of carbonyl (C=O) groups excluding carboxylic acids is 2. The summed E-state index contributed by atoms with van der Waals surface area (Å²) in [5.41, 5.74) is 2.91. The average Bonchev–Trinajstić information content (AvgIpc) is 3.38. The van der Waals surface area contributed by atoms with Crippen LogP contribution in [-0.4, -0.2) is 64.6 Å². The summed E-state index contributed by atoms with van der Waals surface area (Å²) in [6.45, 7) is 5.83. The van der Waals surface area contributed by atoms with Gasteiger partial charge in [0.25, 0.3) is 11.1 Å². The molecule has 0 saturated carbocycles. The molecular formula is C20H22N4O5S. The molecule has 1 aliphatic heterocycles. The van der Waals surface area contributed by atoms with Crippen LogP contribution in [0.25, 0.3) is 11.1 Å². The summed E-state index contributed by atoms with van der Waals surface area (Å²) in [5, 5.41) is 0.525. The van der Waals surface area contributed by atoms with Crippen molar-refractivity contribution in [2.24, 2.45) is 0 Å². The van der Waals surface area contributed by atoms with Crippen molar-refractivity contribution in [2.75, 3.05) is 32.8 Å². The molecule has 30 heavy (non-hydrogen) atoms. The summed E-state index contributed by atoms with van der Waals surface area (Å²) in [5.74, 6) is 0.609. The Hall–Kier alpha value is -3.01. The minimum absolute atomic E-state index is 0.212. The second-order valence-electron chi connectivity index (χ2n) is 6.84. The minimum Gasteiger partial charge on any atom is -0.450 e. The minimum atomic E-state index is -0.347. The Morgan fingerprint density at radius 1 is 1.17 bits per heavy atom. The molecule has 3 aromatic rings. The van der Waals surface area contributed by atoms with Crippen molar-refractivity contribution in [3.63, 3.8) is 0 Å². The van der Waals surface area contributed by atoms with Crippen LogP contribution >= 0.6 is 11.8 Å². The first kappa shape index (κ1) is 20.3. The van der Waals surface area contributed by atoms with Crippen LogP contribution in [0.15, 0.2) is 38.5 Å². The van der Waals surface area contributed by atoms with Crippen LogP contribution in [0.2, 0.25) is 0 Å². The van der Waals surface area contributed by atoms with Gasteiger partial charge in [0.05, 0.1) is 12.4 Å². The Morgan fingerprint density at radius 3 is 2.70 bits per heavy atom. The van der Waals surface area contributed by atoms with E-state index in [1.54, 1.807) is 16.7 Å². The smallest absolute Gasteiger partial charge is 0.409 e. The van der Waals surface area contributed by atoms with Crippen molar-refractivity contribution >= 4 is 34.9 Å². The maximum atomic E-state index is 12.7. The highest BCUT2D eigenvalue weighted by atomic mass is 32.2. The van der Waals surface area contributed by atoms with Crippen molar-refractivity contribution in [1.29, 1.82) is 0 Å². The third-order valence-electron chi connectivity index (χ3n) is 4.71. The highest BCUT2D eigenvalue weighted by Crippen LogP contribution is 2.26. The zero-order valence-corrected chi connectivity index (χ0v) is 17.6. The zero-order chi connectivity index (χ0) is 21.1. The second-order valence-corrected chi connectivity index (χ2v) is 7.77. The molecule has 2 aromatic heterocycles. The lowest BCUT2D eigenvalue weighted by Crippen LogP contribution is -2.50. The van der Waals surface area contributed by atoms with Crippen molar-refractivity contribution in [2.45, 2.75) is 24.8 Å². The maximum absolute atomic E-state index is 12.7. The number of oxazole rings is 2. The Kier molecular flexibility index (Phi) is 5.93. The number of nitrogens with zero attached hydrogens (tertiary/aromatic N) is 4. The van der Waals surface area contributed by atoms with Crippen LogP contribution < -0.4 is 0 Å². The monoisotopic (exact) mass is 430 g/mol. The van der Waals surface area contributed by atoms with Crippen LogP contribution in [0.1, 0.15) is 28.9 Å². The first-order chi connectivity index (χ1) is 14.5. The number of aryl methyl sites for hydroxylation is 1. The highest BCUT2D eigenvalue weighted by Gasteiger charge is 2.27. The van der Waals surface area contributed by atoms with Gasteiger partial charge in [-0.1, -0.05) is 17.8 Å². The fourth-order valence-corrected chi connectivity index (χ4v) is 3.84. The van der Waals surface area contributed by atoms with Gasteiger partial charge in [-0.25, -0.2) is 14.8 Å². The van der Waals surface area contributed by atoms with Crippen LogP contribution in [-0.2, 0) is 10.5 Å². The highest BCUT2D eigenvalue weighted by molar-refractivity contribution is 7.98. The van der Waals surface area contributed by atoms with E-state index in [1.807, 2.05) is 25.1 Å². The fourth-order valence-electron chi connectivity index (χ4n) is 3.15. The van der Waals surface area contributed by atoms with E-state index >= 15 is 0 Å². The third-order valence-corrected chi connectivity index (χ3v) is 5.52. The SMILES string of the molecule is CCOC(=O)N1CCN(C(=O)c2coc(CSc3nc4cc(C)ccc4o3)n2)CC1. The molecule has 158 valence electrons. The number of benzene rings is 1. The van der Waals surface area contributed by atoms with Gasteiger partial charge in [0, 0.05) is 26.2 Å². The quantitative estimate of drug-likeness (QED) is 0.568. The number of amides is 2. The van der Waals surface area contributed by atoms with E-state index in [1.165, 1.54) is 18.0 Å². The zero-order valence-electron chi connectivity index (χ0n) is 16.8. The van der Waals surface area contributed by atoms with E-state index < -0.39 is 0 Å². The van der Waals surface area contributed by atoms with Crippen molar-refractivity contribution in [3.05, 3.63) is 41.6 Å². The maximum Gasteiger partial charge on any atom is 0.409 e. The van der Waals surface area contributed by atoms with Gasteiger partial charge in [-0.2, -0.15) is 0 Å². The summed E-state index contributed by atoms with van der Waals surface area (Å²) in [6, 6.07) is 5.83. The predicted molar refractivity (Wildman–Crippen MR) is 109 cm³/mol. The molecule has 0 aliphatic carbocycles. The third kappa shape index (κ3) is 4.43. The lowest BCUT2D eigenvalue weighted by Gasteiger charge is -2.33. The molecule has 0 unspecified atom stereocenters. The summed E-state index contributed by atoms with van der Waals surface area (Å²) in [6.07, 6.45) is 1.02. The average molecular weight is 430 g/mol. The van der Waals surface area contributed by atoms with Gasteiger partial charge in [0.1, 0.15) is 11.8 Å². The lowest BCUT2D eigenvalue weighted by molar-refractivity contribution is 0.0566. The van der Waals surface area contributed by atoms with E-state index in [0.717, 1.165) is 16.7 Å². The van der Waals surface area contributed by atoms with Gasteiger partial charge in [-0.05, 0) is 31.5 Å². The van der Waals surface area contributed by atoms with E-state index in [2.05, 4.69) is 9.97 Å². The van der Waals surface area contributed by atoms with Gasteiger partial charge in [0.2, 0.25) is 5.89 Å². The Morgan fingerprint density at radius 2 is 1.93 bits per heavy atom. The van der Waals surface area contributed by atoms with E-state index in [9.17, 15) is 9.59 Å². The molecule has 9 nitrogen and oxygen atoms in total. The number of hydrogen-bond donors (Lipinski definition) is 0. The van der Waals surface area contributed by atoms with Crippen LogP contribution in [0.4, 0.5) is 4.79 Å². The van der Waals surface area contributed by atoms with Crippen LogP contribution in [0, 0.1) is 6.92 Å². The van der Waals surface area contributed by atoms with Gasteiger partial charge < -0.3 is 23.4 Å². The number of rotatable bonds is 5. The summed E-state index contributed by atoms with van der Waals surface area (Å²) in [4.78, 5) is 36.4. The molecule has 2 amide bonds. The topological polar surface area (TPSA) is 102 Å². The van der Waals surface area contributed by atoms with E-state index in [-0.39, 0.29) is 17.7 Å². The standard InChI is InChI=1S/C20H22N4O5S/c1-3-27-20(26)24-8-6-23(7-9-24)18(25)15-11-28-17(21-15)12-30-19-22-14-10-13(2)4-5-16(14)29-19/h4-5,10-11H,3,6-9,12H2,1-2H3. The molecule has 1 aromatic carbocycles. The Balaban J connectivity index is 1.32. The Labute approximate surface area is 177 Å². The summed E-state index contributed by atoms with van der Waals surface area (Å²) in [7, 11) is 0. The lowest BCUT2D eigenvalue weighted by atomic mass is 10.2. The van der Waals surface area contributed by atoms with E-state index in [4.69, 9.17) is 13.6 Å². The molecule has 0 atom stereocenters. The number of thioether (sulfide) groups is 1. The van der Waals surface area contributed by atoms with Crippen LogP contribution in [0.5, 0.6) is 0 Å². The first-order valence-electron chi connectivity index (χ1n) is 9.69. The molecule has 0 N–H and O–H groups in total. The normalized spacial score (nSPS) is 14.3. The number of hydrogen-bond acceptors (Lipinski definition) is 8. The van der Waals surface area contributed by atoms with Gasteiger partial charge in [0.15, 0.2) is 11.3 Å². The molecule has 3 heterocycles. The molecule has 0 bridgehead atoms. The molecule has 0 radical (unpaired) electrons. The first-order valence-corrected chi connectivity index (χ1v) is 10.7. The van der Waals surface area contributed by atoms with Crippen molar-refractivity contribution in [3.8, 4) is 0 Å². The summed E-state index contributed by atoms with van der Waals surface area (Å²) >= 11 is 1.36. The molecular weight excluding hydrogens is 408 g/mol. The number of carbonyl (C=O) groups is 2.